The van der Waals surface area contributed by atoms with Gasteiger partial charge in [-0.2, -0.15) is 0 Å². The number of hydrogen-bond donors (Lipinski definition) is 1. The first-order valence-corrected chi connectivity index (χ1v) is 19.2. The topological polar surface area (TPSA) is 106 Å². The number of carbonyl (C=O) groups is 3. The van der Waals surface area contributed by atoms with Gasteiger partial charge in [0.2, 0.25) is 0 Å². The van der Waals surface area contributed by atoms with Crippen molar-refractivity contribution >= 4 is 69.8 Å². The van der Waals surface area contributed by atoms with Crippen LogP contribution in [-0.2, 0) is 16.1 Å². The number of piperidine rings is 1. The van der Waals surface area contributed by atoms with E-state index in [1.54, 1.807) is 65.4 Å². The van der Waals surface area contributed by atoms with E-state index in [-0.39, 0.29) is 42.0 Å². The Hall–Kier alpha value is -3.54. The van der Waals surface area contributed by atoms with E-state index in [9.17, 15) is 19.5 Å². The quantitative estimate of drug-likeness (QED) is 0.131. The Morgan fingerprint density at radius 1 is 0.943 bits per heavy atom. The van der Waals surface area contributed by atoms with E-state index in [1.165, 1.54) is 14.0 Å². The van der Waals surface area contributed by atoms with Crippen molar-refractivity contribution in [1.29, 1.82) is 0 Å². The minimum absolute atomic E-state index is 0.0552. The zero-order valence-corrected chi connectivity index (χ0v) is 33.1. The number of halogens is 4. The average molecular weight is 806 g/mol. The standard InChI is InChI=1S/C39H45Cl4N5O5/c1-25(49)37(19-26-5-8-32(50)9-6-26)48-15-4-14-47(39(48)52)31-11-16-46(17-12-31)18-13-33(27-7-10-34(42)35(43)22-27)36(44-53-3)24-45(2)38(51)28-20-29(40)23-30(41)21-28/h5-10,20-23,31,33,37,50H,4,11-19,24H2,1-3H3/b44-36+. The number of aromatic hydroxyl groups is 1. The normalized spacial score (nSPS) is 17.1. The molecule has 2 aliphatic heterocycles. The molecule has 2 heterocycles. The van der Waals surface area contributed by atoms with Crippen LogP contribution in [0.15, 0.2) is 65.8 Å². The number of likely N-dealkylation sites (tertiary alicyclic amines) is 1. The first kappa shape index (κ1) is 40.6. The summed E-state index contributed by atoms with van der Waals surface area (Å²) in [4.78, 5) is 53.0. The van der Waals surface area contributed by atoms with Crippen molar-refractivity contribution in [3.63, 3.8) is 0 Å². The smallest absolute Gasteiger partial charge is 0.320 e. The molecule has 3 aromatic rings. The number of rotatable bonds is 14. The van der Waals surface area contributed by atoms with Gasteiger partial charge in [0.05, 0.1) is 28.3 Å². The number of phenols is 1. The van der Waals surface area contributed by atoms with Crippen LogP contribution in [0.3, 0.4) is 0 Å². The second kappa shape index (κ2) is 18.7. The van der Waals surface area contributed by atoms with Crippen LogP contribution in [0.2, 0.25) is 20.1 Å². The van der Waals surface area contributed by atoms with Gasteiger partial charge in [0.1, 0.15) is 12.9 Å². The molecule has 0 spiro atoms. The summed E-state index contributed by atoms with van der Waals surface area (Å²) in [6.45, 7) is 5.20. The number of oxime groups is 1. The van der Waals surface area contributed by atoms with E-state index in [4.69, 9.17) is 51.2 Å². The molecule has 2 atom stereocenters. The van der Waals surface area contributed by atoms with Gasteiger partial charge >= 0.3 is 6.03 Å². The number of urea groups is 1. The van der Waals surface area contributed by atoms with Crippen LogP contribution in [0.4, 0.5) is 4.79 Å². The van der Waals surface area contributed by atoms with Crippen LogP contribution in [0.5, 0.6) is 5.75 Å². The van der Waals surface area contributed by atoms with Gasteiger partial charge in [0.15, 0.2) is 5.78 Å². The van der Waals surface area contributed by atoms with E-state index in [0.29, 0.717) is 57.3 Å². The van der Waals surface area contributed by atoms with E-state index >= 15 is 0 Å². The molecule has 1 N–H and O–H groups in total. The zero-order valence-electron chi connectivity index (χ0n) is 30.1. The number of amides is 3. The Bertz CT molecular complexity index is 1780. The summed E-state index contributed by atoms with van der Waals surface area (Å²) in [5, 5.41) is 15.7. The van der Waals surface area contributed by atoms with Crippen molar-refractivity contribution < 1.29 is 24.3 Å². The van der Waals surface area contributed by atoms with Gasteiger partial charge in [-0.15, -0.1) is 0 Å². The van der Waals surface area contributed by atoms with E-state index < -0.39 is 6.04 Å². The van der Waals surface area contributed by atoms with Gasteiger partial charge in [-0.25, -0.2) is 4.79 Å². The number of nitrogens with zero attached hydrogens (tertiary/aromatic N) is 5. The molecule has 14 heteroatoms. The second-order valence-corrected chi connectivity index (χ2v) is 15.4. The molecule has 0 radical (unpaired) electrons. The fourth-order valence-electron chi connectivity index (χ4n) is 7.28. The molecule has 3 aromatic carbocycles. The first-order chi connectivity index (χ1) is 25.3. The molecule has 53 heavy (non-hydrogen) atoms. The Morgan fingerprint density at radius 2 is 1.62 bits per heavy atom. The second-order valence-electron chi connectivity index (χ2n) is 13.7. The average Bonchev–Trinajstić information content (AvgIpc) is 3.12. The monoisotopic (exact) mass is 803 g/mol. The van der Waals surface area contributed by atoms with Gasteiger partial charge in [0, 0.05) is 67.2 Å². The number of hydrogen-bond acceptors (Lipinski definition) is 7. The molecule has 0 aliphatic carbocycles. The van der Waals surface area contributed by atoms with Gasteiger partial charge in [-0.1, -0.05) is 69.8 Å². The van der Waals surface area contributed by atoms with Gasteiger partial charge in [-0.3, -0.25) is 9.59 Å². The lowest BCUT2D eigenvalue weighted by molar-refractivity contribution is -0.121. The maximum Gasteiger partial charge on any atom is 0.320 e. The highest BCUT2D eigenvalue weighted by Crippen LogP contribution is 2.31. The van der Waals surface area contributed by atoms with Crippen molar-refractivity contribution in [2.75, 3.05) is 53.4 Å². The predicted molar refractivity (Wildman–Crippen MR) is 211 cm³/mol. The molecule has 2 unspecified atom stereocenters. The van der Waals surface area contributed by atoms with Crippen LogP contribution in [-0.4, -0.2) is 114 Å². The van der Waals surface area contributed by atoms with Crippen LogP contribution >= 0.6 is 46.4 Å². The van der Waals surface area contributed by atoms with Crippen molar-refractivity contribution in [3.8, 4) is 5.75 Å². The van der Waals surface area contributed by atoms with Crippen LogP contribution in [0.25, 0.3) is 0 Å². The maximum atomic E-state index is 13.9. The molecule has 0 saturated carbocycles. The third-order valence-electron chi connectivity index (χ3n) is 10.0. The molecule has 0 aromatic heterocycles. The number of Topliss-reactive ketones (excluding diaryl/α,β-unsaturated/α-hetero) is 1. The Morgan fingerprint density at radius 3 is 2.25 bits per heavy atom. The number of ketones is 1. The number of benzene rings is 3. The molecule has 2 saturated heterocycles. The molecule has 2 fully saturated rings. The minimum Gasteiger partial charge on any atom is -0.508 e. The Balaban J connectivity index is 1.25. The molecule has 5 rings (SSSR count). The summed E-state index contributed by atoms with van der Waals surface area (Å²) >= 11 is 25.1. The van der Waals surface area contributed by atoms with E-state index in [0.717, 1.165) is 50.0 Å². The molecule has 3 amide bonds. The molecular weight excluding hydrogens is 760 g/mol. The van der Waals surface area contributed by atoms with Crippen molar-refractivity contribution in [3.05, 3.63) is 97.4 Å². The van der Waals surface area contributed by atoms with E-state index in [2.05, 4.69) is 10.1 Å². The fraction of sp³-hybridized carbons (Fsp3) is 0.436. The third kappa shape index (κ3) is 10.6. The molecule has 0 bridgehead atoms. The molecule has 2 aliphatic rings. The Labute approximate surface area is 331 Å². The third-order valence-corrected chi connectivity index (χ3v) is 11.2. The predicted octanol–water partition coefficient (Wildman–Crippen LogP) is 8.05. The van der Waals surface area contributed by atoms with Gasteiger partial charge < -0.3 is 29.5 Å². The molecule has 10 nitrogen and oxygen atoms in total. The lowest BCUT2D eigenvalue weighted by Gasteiger charge is -2.45. The summed E-state index contributed by atoms with van der Waals surface area (Å²) in [7, 11) is 3.16. The number of carbonyl (C=O) groups excluding carboxylic acids is 3. The SMILES string of the molecule is CO/N=C(\CN(C)C(=O)c1cc(Cl)cc(Cl)c1)C(CCN1CCC(N2CCCN(C(Cc3ccc(O)cc3)C(C)=O)C2=O)CC1)c1ccc(Cl)c(Cl)c1. The largest absolute Gasteiger partial charge is 0.508 e. The van der Waals surface area contributed by atoms with Crippen LogP contribution < -0.4 is 0 Å². The van der Waals surface area contributed by atoms with Crippen molar-refractivity contribution in [1.82, 2.24) is 19.6 Å². The Kier molecular flexibility index (Phi) is 14.3. The highest BCUT2D eigenvalue weighted by atomic mass is 35.5. The summed E-state index contributed by atoms with van der Waals surface area (Å²) in [6, 6.07) is 16.4. The highest BCUT2D eigenvalue weighted by molar-refractivity contribution is 6.42. The van der Waals surface area contributed by atoms with Crippen molar-refractivity contribution in [2.45, 2.75) is 57.0 Å². The summed E-state index contributed by atoms with van der Waals surface area (Å²) < 4.78 is 0. The summed E-state index contributed by atoms with van der Waals surface area (Å²) in [5.74, 6) is -0.419. The fourth-order valence-corrected chi connectivity index (χ4v) is 8.11. The first-order valence-electron chi connectivity index (χ1n) is 17.7. The number of phenolic OH excluding ortho intramolecular Hbond substituents is 1. The van der Waals surface area contributed by atoms with Crippen LogP contribution in [0, 0.1) is 0 Å². The molecule has 284 valence electrons. The van der Waals surface area contributed by atoms with Crippen LogP contribution in [0.1, 0.15) is 60.0 Å². The zero-order chi connectivity index (χ0) is 38.2. The lowest BCUT2D eigenvalue weighted by Crippen LogP contribution is -2.59. The van der Waals surface area contributed by atoms with Gasteiger partial charge in [-0.05, 0) is 92.7 Å². The lowest BCUT2D eigenvalue weighted by atomic mass is 9.89. The highest BCUT2D eigenvalue weighted by Gasteiger charge is 2.38. The maximum absolute atomic E-state index is 13.9. The van der Waals surface area contributed by atoms with Gasteiger partial charge in [0.25, 0.3) is 5.91 Å². The summed E-state index contributed by atoms with van der Waals surface area (Å²) in [6.07, 6.45) is 3.46. The van der Waals surface area contributed by atoms with E-state index in [1.807, 2.05) is 17.0 Å². The molecular formula is C39H45Cl4N5O5. The minimum atomic E-state index is -0.561. The van der Waals surface area contributed by atoms with Crippen molar-refractivity contribution in [2.24, 2.45) is 5.16 Å². The summed E-state index contributed by atoms with van der Waals surface area (Å²) in [5.41, 5.74) is 2.78.